The second-order valence-electron chi connectivity index (χ2n) is 3.96. The van der Waals surface area contributed by atoms with Gasteiger partial charge in [-0.25, -0.2) is 12.7 Å². The zero-order chi connectivity index (χ0) is 14.8. The van der Waals surface area contributed by atoms with Gasteiger partial charge in [0, 0.05) is 23.3 Å². The molecule has 0 unspecified atom stereocenters. The van der Waals surface area contributed by atoms with Gasteiger partial charge >= 0.3 is 6.18 Å². The van der Waals surface area contributed by atoms with Crippen LogP contribution in [-0.2, 0) is 15.9 Å². The van der Waals surface area contributed by atoms with Gasteiger partial charge in [0.15, 0.2) is 0 Å². The van der Waals surface area contributed by atoms with Crippen molar-refractivity contribution in [1.29, 1.82) is 0 Å². The predicted octanol–water partition coefficient (Wildman–Crippen LogP) is 3.37. The van der Waals surface area contributed by atoms with Gasteiger partial charge in [0.25, 0.3) is 0 Å². The molecule has 0 aliphatic carbocycles. The number of hydrogen-bond acceptors (Lipinski definition) is 3. The highest BCUT2D eigenvalue weighted by Gasteiger charge is 2.31. The van der Waals surface area contributed by atoms with Crippen LogP contribution in [0.3, 0.4) is 0 Å². The molecule has 0 saturated carbocycles. The molecule has 0 fully saturated rings. The first-order valence-corrected chi connectivity index (χ1v) is 8.05. The van der Waals surface area contributed by atoms with Gasteiger partial charge in [-0.15, -0.1) is 22.9 Å². The Labute approximate surface area is 119 Å². The van der Waals surface area contributed by atoms with Gasteiger partial charge in [0.2, 0.25) is 10.0 Å². The molecular weight excluding hydrogens is 323 g/mol. The van der Waals surface area contributed by atoms with Crippen molar-refractivity contribution in [2.24, 2.45) is 0 Å². The lowest BCUT2D eigenvalue weighted by atomic mass is 10.4. The Hall–Kier alpha value is -0.310. The van der Waals surface area contributed by atoms with Crippen molar-refractivity contribution in [3.05, 3.63) is 15.8 Å². The summed E-state index contributed by atoms with van der Waals surface area (Å²) in [6, 6.07) is 1.41. The fourth-order valence-corrected chi connectivity index (χ4v) is 4.28. The molecule has 0 aliphatic rings. The quantitative estimate of drug-likeness (QED) is 0.774. The van der Waals surface area contributed by atoms with Crippen LogP contribution in [0, 0.1) is 6.92 Å². The maximum atomic E-state index is 12.1. The molecule has 0 spiro atoms. The minimum atomic E-state index is -4.38. The number of rotatable bonds is 5. The number of halogens is 4. The maximum Gasteiger partial charge on any atom is 0.390 e. The highest BCUT2D eigenvalue weighted by Crippen LogP contribution is 2.29. The Morgan fingerprint density at radius 1 is 1.42 bits per heavy atom. The van der Waals surface area contributed by atoms with Gasteiger partial charge in [0.1, 0.15) is 0 Å². The van der Waals surface area contributed by atoms with E-state index in [-0.39, 0.29) is 10.8 Å². The van der Waals surface area contributed by atoms with E-state index in [0.29, 0.717) is 14.1 Å². The lowest BCUT2D eigenvalue weighted by molar-refractivity contribution is -0.135. The first-order chi connectivity index (χ1) is 8.58. The molecule has 0 N–H and O–H groups in total. The van der Waals surface area contributed by atoms with E-state index >= 15 is 0 Å². The minimum absolute atomic E-state index is 0.0258. The van der Waals surface area contributed by atoms with Gasteiger partial charge in [0.05, 0.1) is 17.2 Å². The highest BCUT2D eigenvalue weighted by molar-refractivity contribution is 7.89. The third-order valence-corrected chi connectivity index (χ3v) is 6.06. The first-order valence-electron chi connectivity index (χ1n) is 5.26. The molecule has 0 atom stereocenters. The summed E-state index contributed by atoms with van der Waals surface area (Å²) in [4.78, 5) is 1.22. The van der Waals surface area contributed by atoms with E-state index in [1.165, 1.54) is 17.4 Å². The average Bonchev–Trinajstić information content (AvgIpc) is 2.67. The van der Waals surface area contributed by atoms with Crippen molar-refractivity contribution < 1.29 is 21.6 Å². The fourth-order valence-electron chi connectivity index (χ4n) is 1.42. The molecule has 1 rings (SSSR count). The van der Waals surface area contributed by atoms with Crippen LogP contribution in [0.4, 0.5) is 13.2 Å². The van der Waals surface area contributed by atoms with Crippen molar-refractivity contribution >= 4 is 33.0 Å². The molecule has 0 bridgehead atoms. The van der Waals surface area contributed by atoms with Crippen molar-refractivity contribution in [3.8, 4) is 0 Å². The summed E-state index contributed by atoms with van der Waals surface area (Å²) in [5, 5.41) is 0. The van der Waals surface area contributed by atoms with Crippen LogP contribution < -0.4 is 0 Å². The molecule has 3 nitrogen and oxygen atoms in total. The summed E-state index contributed by atoms with van der Waals surface area (Å²) >= 11 is 6.84. The number of hydrogen-bond donors (Lipinski definition) is 0. The minimum Gasteiger partial charge on any atom is -0.207 e. The van der Waals surface area contributed by atoms with E-state index in [9.17, 15) is 21.6 Å². The second kappa shape index (κ2) is 5.99. The van der Waals surface area contributed by atoms with Crippen molar-refractivity contribution in [3.63, 3.8) is 0 Å². The van der Waals surface area contributed by atoms with Crippen LogP contribution >= 0.6 is 22.9 Å². The molecule has 0 aliphatic heterocycles. The Balaban J connectivity index is 2.93. The van der Waals surface area contributed by atoms with E-state index in [1.807, 2.05) is 0 Å². The van der Waals surface area contributed by atoms with E-state index in [2.05, 4.69) is 0 Å². The lowest BCUT2D eigenvalue weighted by Gasteiger charge is -2.17. The van der Waals surface area contributed by atoms with Crippen molar-refractivity contribution in [1.82, 2.24) is 4.31 Å². The van der Waals surface area contributed by atoms with Crippen LogP contribution in [0.1, 0.15) is 16.2 Å². The Morgan fingerprint density at radius 3 is 2.42 bits per heavy atom. The third-order valence-electron chi connectivity index (χ3n) is 2.45. The topological polar surface area (TPSA) is 37.4 Å². The number of nitrogens with zero attached hydrogens (tertiary/aromatic N) is 1. The van der Waals surface area contributed by atoms with Crippen LogP contribution in [0.2, 0.25) is 0 Å². The summed E-state index contributed by atoms with van der Waals surface area (Å²) in [6.07, 6.45) is -5.55. The zero-order valence-electron chi connectivity index (χ0n) is 10.3. The molecule has 19 heavy (non-hydrogen) atoms. The average molecular weight is 336 g/mol. The SMILES string of the molecule is Cc1sc(CCl)cc1S(=O)(=O)N(C)CCC(F)(F)F. The molecule has 0 saturated heterocycles. The summed E-state index contributed by atoms with van der Waals surface area (Å²) in [6.45, 7) is 1.00. The maximum absolute atomic E-state index is 12.1. The van der Waals surface area contributed by atoms with E-state index in [0.717, 1.165) is 7.05 Å². The Morgan fingerprint density at radius 2 is 2.00 bits per heavy atom. The molecule has 1 aromatic heterocycles. The number of alkyl halides is 4. The van der Waals surface area contributed by atoms with E-state index < -0.39 is 29.2 Å². The summed E-state index contributed by atoms with van der Waals surface area (Å²) in [5.74, 6) is 0.174. The van der Waals surface area contributed by atoms with Crippen molar-refractivity contribution in [2.45, 2.75) is 30.3 Å². The normalized spacial score (nSPS) is 13.2. The molecule has 1 aromatic rings. The van der Waals surface area contributed by atoms with Crippen LogP contribution in [0.5, 0.6) is 0 Å². The number of sulfonamides is 1. The molecular formula is C10H13ClF3NO2S2. The number of aryl methyl sites for hydroxylation is 1. The molecule has 0 radical (unpaired) electrons. The van der Waals surface area contributed by atoms with Gasteiger partial charge in [-0.3, -0.25) is 0 Å². The first kappa shape index (κ1) is 16.7. The van der Waals surface area contributed by atoms with E-state index in [1.54, 1.807) is 6.92 Å². The molecule has 110 valence electrons. The van der Waals surface area contributed by atoms with Crippen LogP contribution in [0.25, 0.3) is 0 Å². The molecule has 9 heteroatoms. The monoisotopic (exact) mass is 335 g/mol. The van der Waals surface area contributed by atoms with Gasteiger partial charge in [-0.05, 0) is 13.0 Å². The highest BCUT2D eigenvalue weighted by atomic mass is 35.5. The molecule has 0 amide bonds. The van der Waals surface area contributed by atoms with Gasteiger partial charge in [-0.1, -0.05) is 0 Å². The van der Waals surface area contributed by atoms with E-state index in [4.69, 9.17) is 11.6 Å². The van der Waals surface area contributed by atoms with Crippen LogP contribution in [0.15, 0.2) is 11.0 Å². The lowest BCUT2D eigenvalue weighted by Crippen LogP contribution is -2.30. The number of thiophene rings is 1. The summed E-state index contributed by atoms with van der Waals surface area (Å²) in [5.41, 5.74) is 0. The summed E-state index contributed by atoms with van der Waals surface area (Å²) in [7, 11) is -2.76. The molecule has 1 heterocycles. The summed E-state index contributed by atoms with van der Waals surface area (Å²) < 4.78 is 61.3. The van der Waals surface area contributed by atoms with Crippen LogP contribution in [-0.4, -0.2) is 32.5 Å². The third kappa shape index (κ3) is 4.34. The van der Waals surface area contributed by atoms with Crippen molar-refractivity contribution in [2.75, 3.05) is 13.6 Å². The second-order valence-corrected chi connectivity index (χ2v) is 7.58. The fraction of sp³-hybridized carbons (Fsp3) is 0.600. The zero-order valence-corrected chi connectivity index (χ0v) is 12.7. The standard InChI is InChI=1S/C10H13ClF3NO2S2/c1-7-9(5-8(6-11)18-7)19(16,17)15(2)4-3-10(12,13)14/h5H,3-4,6H2,1-2H3. The largest absolute Gasteiger partial charge is 0.390 e. The predicted molar refractivity (Wildman–Crippen MR) is 69.1 cm³/mol. The molecule has 0 aromatic carbocycles. The van der Waals surface area contributed by atoms with Gasteiger partial charge in [-0.2, -0.15) is 13.2 Å². The van der Waals surface area contributed by atoms with Gasteiger partial charge < -0.3 is 0 Å². The Bertz CT molecular complexity index is 539. The Kier molecular flexibility index (Phi) is 5.28. The smallest absolute Gasteiger partial charge is 0.207 e.